The van der Waals surface area contributed by atoms with Crippen LogP contribution >= 0.6 is 0 Å². The number of nitrogens with one attached hydrogen (secondary N) is 2. The van der Waals surface area contributed by atoms with Gasteiger partial charge in [0.2, 0.25) is 5.91 Å². The predicted molar refractivity (Wildman–Crippen MR) is 86.7 cm³/mol. The van der Waals surface area contributed by atoms with Crippen LogP contribution in [0.15, 0.2) is 0 Å². The zero-order valence-electron chi connectivity index (χ0n) is 14.0. The summed E-state index contributed by atoms with van der Waals surface area (Å²) in [6, 6.07) is 3.15. The van der Waals surface area contributed by atoms with E-state index in [1.54, 1.807) is 0 Å². The lowest BCUT2D eigenvalue weighted by atomic mass is 9.87. The van der Waals surface area contributed by atoms with Crippen LogP contribution < -0.4 is 10.6 Å². The van der Waals surface area contributed by atoms with Crippen LogP contribution in [0, 0.1) is 17.2 Å². The van der Waals surface area contributed by atoms with E-state index in [4.69, 9.17) is 10.00 Å². The van der Waals surface area contributed by atoms with Crippen LogP contribution in [-0.4, -0.2) is 61.3 Å². The van der Waals surface area contributed by atoms with Crippen LogP contribution in [0.4, 0.5) is 0 Å². The van der Waals surface area contributed by atoms with Gasteiger partial charge in [-0.2, -0.15) is 5.26 Å². The Balaban J connectivity index is 1.39. The molecule has 1 saturated carbocycles. The normalized spacial score (nSPS) is 32.6. The lowest BCUT2D eigenvalue weighted by molar-refractivity contribution is -0.123. The monoisotopic (exact) mass is 320 g/mol. The Bertz CT molecular complexity index is 468. The SMILES string of the molecule is CC[C@@H]1C[C@H]1NC1COC2(CCN(CC(=O)NCC#N)CC2)C1. The van der Waals surface area contributed by atoms with E-state index in [1.807, 2.05) is 6.07 Å². The van der Waals surface area contributed by atoms with Crippen molar-refractivity contribution in [3.05, 3.63) is 0 Å². The number of rotatable bonds is 6. The Hall–Kier alpha value is -1.16. The van der Waals surface area contributed by atoms with E-state index in [-0.39, 0.29) is 18.1 Å². The molecule has 6 nitrogen and oxygen atoms in total. The minimum absolute atomic E-state index is 0.0217. The van der Waals surface area contributed by atoms with Gasteiger partial charge in [0.25, 0.3) is 0 Å². The molecule has 2 saturated heterocycles. The number of carbonyl (C=O) groups is 1. The van der Waals surface area contributed by atoms with Gasteiger partial charge in [-0.25, -0.2) is 0 Å². The van der Waals surface area contributed by atoms with Gasteiger partial charge in [0, 0.05) is 25.2 Å². The van der Waals surface area contributed by atoms with Gasteiger partial charge in [-0.1, -0.05) is 13.3 Å². The lowest BCUT2D eigenvalue weighted by Crippen LogP contribution is -2.48. The summed E-state index contributed by atoms with van der Waals surface area (Å²) >= 11 is 0. The van der Waals surface area contributed by atoms with E-state index in [0.29, 0.717) is 18.6 Å². The number of ether oxygens (including phenoxy) is 1. The highest BCUT2D eigenvalue weighted by atomic mass is 16.5. The molecular formula is C17H28N4O2. The molecule has 2 aliphatic heterocycles. The molecule has 3 fully saturated rings. The molecule has 128 valence electrons. The maximum absolute atomic E-state index is 11.7. The number of amides is 1. The zero-order chi connectivity index (χ0) is 16.3. The van der Waals surface area contributed by atoms with Crippen molar-refractivity contribution in [3.8, 4) is 6.07 Å². The van der Waals surface area contributed by atoms with Gasteiger partial charge in [0.05, 0.1) is 24.8 Å². The topological polar surface area (TPSA) is 77.4 Å². The number of likely N-dealkylation sites (tertiary alicyclic amines) is 1. The average Bonchev–Trinajstić information content (AvgIpc) is 3.20. The molecule has 0 aromatic rings. The van der Waals surface area contributed by atoms with Crippen molar-refractivity contribution in [1.82, 2.24) is 15.5 Å². The molecule has 6 heteroatoms. The summed E-state index contributed by atoms with van der Waals surface area (Å²) in [5, 5.41) is 14.8. The van der Waals surface area contributed by atoms with Crippen molar-refractivity contribution in [2.24, 2.45) is 5.92 Å². The molecule has 3 rings (SSSR count). The molecule has 1 spiro atoms. The van der Waals surface area contributed by atoms with Crippen molar-refractivity contribution in [3.63, 3.8) is 0 Å². The van der Waals surface area contributed by atoms with E-state index in [9.17, 15) is 4.79 Å². The number of nitriles is 1. The summed E-state index contributed by atoms with van der Waals surface area (Å²) < 4.78 is 6.18. The van der Waals surface area contributed by atoms with Crippen LogP contribution in [-0.2, 0) is 9.53 Å². The van der Waals surface area contributed by atoms with Crippen molar-refractivity contribution < 1.29 is 9.53 Å². The first kappa shape index (κ1) is 16.7. The number of nitrogens with zero attached hydrogens (tertiary/aromatic N) is 2. The Kier molecular flexibility index (Phi) is 5.20. The van der Waals surface area contributed by atoms with Crippen LogP contribution in [0.5, 0.6) is 0 Å². The van der Waals surface area contributed by atoms with Crippen LogP contribution in [0.2, 0.25) is 0 Å². The van der Waals surface area contributed by atoms with Gasteiger partial charge in [-0.15, -0.1) is 0 Å². The van der Waals surface area contributed by atoms with Gasteiger partial charge in [-0.3, -0.25) is 9.69 Å². The first-order chi connectivity index (χ1) is 11.1. The molecule has 0 bridgehead atoms. The molecule has 2 N–H and O–H groups in total. The Labute approximate surface area is 138 Å². The standard InChI is InChI=1S/C17H28N4O2/c1-2-13-9-15(13)20-14-10-17(23-12-14)3-7-21(8-4-17)11-16(22)19-6-5-18/h13-15,20H,2-4,6-12H2,1H3,(H,19,22)/t13-,14?,15-/m1/s1. The third kappa shape index (κ3) is 4.23. The molecule has 1 unspecified atom stereocenters. The fourth-order valence-corrected chi connectivity index (χ4v) is 4.02. The van der Waals surface area contributed by atoms with Gasteiger partial charge in [-0.05, 0) is 31.6 Å². The van der Waals surface area contributed by atoms with Crippen molar-refractivity contribution in [1.29, 1.82) is 5.26 Å². The highest BCUT2D eigenvalue weighted by Gasteiger charge is 2.45. The van der Waals surface area contributed by atoms with E-state index >= 15 is 0 Å². The minimum atomic E-state index is -0.0614. The van der Waals surface area contributed by atoms with Gasteiger partial charge < -0.3 is 15.4 Å². The van der Waals surface area contributed by atoms with Crippen LogP contribution in [0.1, 0.15) is 39.0 Å². The Morgan fingerprint density at radius 1 is 1.43 bits per heavy atom. The summed E-state index contributed by atoms with van der Waals surface area (Å²) in [6.07, 6.45) is 5.70. The van der Waals surface area contributed by atoms with Crippen molar-refractivity contribution in [2.45, 2.75) is 56.7 Å². The van der Waals surface area contributed by atoms with Crippen molar-refractivity contribution in [2.75, 3.05) is 32.8 Å². The molecule has 1 amide bonds. The third-order valence-corrected chi connectivity index (χ3v) is 5.60. The highest BCUT2D eigenvalue weighted by Crippen LogP contribution is 2.39. The summed E-state index contributed by atoms with van der Waals surface area (Å²) in [4.78, 5) is 13.8. The molecule has 0 aromatic carbocycles. The minimum Gasteiger partial charge on any atom is -0.373 e. The summed E-state index contributed by atoms with van der Waals surface area (Å²) in [5.74, 6) is 0.814. The molecule has 0 aromatic heterocycles. The fourth-order valence-electron chi connectivity index (χ4n) is 4.02. The van der Waals surface area contributed by atoms with Gasteiger partial charge in [0.15, 0.2) is 0 Å². The second-order valence-electron chi connectivity index (χ2n) is 7.28. The second-order valence-corrected chi connectivity index (χ2v) is 7.28. The Morgan fingerprint density at radius 2 is 2.22 bits per heavy atom. The number of piperidine rings is 1. The van der Waals surface area contributed by atoms with Crippen LogP contribution in [0.3, 0.4) is 0 Å². The highest BCUT2D eigenvalue weighted by molar-refractivity contribution is 5.78. The summed E-state index contributed by atoms with van der Waals surface area (Å²) in [7, 11) is 0. The molecule has 3 atom stereocenters. The Morgan fingerprint density at radius 3 is 2.87 bits per heavy atom. The van der Waals surface area contributed by atoms with E-state index in [1.165, 1.54) is 12.8 Å². The van der Waals surface area contributed by atoms with E-state index in [0.717, 1.165) is 44.9 Å². The first-order valence-corrected chi connectivity index (χ1v) is 8.90. The van der Waals surface area contributed by atoms with E-state index in [2.05, 4.69) is 22.5 Å². The smallest absolute Gasteiger partial charge is 0.235 e. The second kappa shape index (κ2) is 7.16. The maximum Gasteiger partial charge on any atom is 0.235 e. The molecule has 0 radical (unpaired) electrons. The van der Waals surface area contributed by atoms with Gasteiger partial charge in [0.1, 0.15) is 6.54 Å². The van der Waals surface area contributed by atoms with Crippen molar-refractivity contribution >= 4 is 5.91 Å². The average molecular weight is 320 g/mol. The molecule has 23 heavy (non-hydrogen) atoms. The van der Waals surface area contributed by atoms with Gasteiger partial charge >= 0.3 is 0 Å². The fraction of sp³-hybridized carbons (Fsp3) is 0.882. The lowest BCUT2D eigenvalue weighted by Gasteiger charge is -2.38. The summed E-state index contributed by atoms with van der Waals surface area (Å²) in [5.41, 5.74) is 0.0217. The molecule has 1 aliphatic carbocycles. The third-order valence-electron chi connectivity index (χ3n) is 5.60. The number of hydrogen-bond acceptors (Lipinski definition) is 5. The largest absolute Gasteiger partial charge is 0.373 e. The first-order valence-electron chi connectivity index (χ1n) is 8.90. The predicted octanol–water partition coefficient (Wildman–Crippen LogP) is 0.638. The quantitative estimate of drug-likeness (QED) is 0.702. The van der Waals surface area contributed by atoms with E-state index < -0.39 is 0 Å². The molecule has 3 aliphatic rings. The zero-order valence-corrected chi connectivity index (χ0v) is 14.0. The summed E-state index contributed by atoms with van der Waals surface area (Å²) in [6.45, 7) is 5.37. The molecular weight excluding hydrogens is 292 g/mol. The molecule has 2 heterocycles. The number of hydrogen-bond donors (Lipinski definition) is 2. The van der Waals surface area contributed by atoms with Crippen LogP contribution in [0.25, 0.3) is 0 Å². The maximum atomic E-state index is 11.7. The number of carbonyl (C=O) groups excluding carboxylic acids is 1.